The summed E-state index contributed by atoms with van der Waals surface area (Å²) in [4.78, 5) is 64.1. The molecule has 0 bridgehead atoms. The van der Waals surface area contributed by atoms with Crippen LogP contribution in [0, 0.1) is 12.8 Å². The highest BCUT2D eigenvalue weighted by atomic mass is 32.1. The Morgan fingerprint density at radius 2 is 2.02 bits per heavy atom. The first-order valence-electron chi connectivity index (χ1n) is 16.2. The van der Waals surface area contributed by atoms with Crippen molar-refractivity contribution in [2.24, 2.45) is 5.92 Å². The van der Waals surface area contributed by atoms with Gasteiger partial charge in [-0.05, 0) is 64.8 Å². The molecule has 0 unspecified atom stereocenters. The van der Waals surface area contributed by atoms with Crippen LogP contribution in [-0.4, -0.2) is 84.9 Å². The largest absolute Gasteiger partial charge is 0.479 e. The molecule has 3 aliphatic rings. The maximum atomic E-state index is 14.3. The average molecular weight is 681 g/mol. The number of aryl methyl sites for hydroxylation is 1. The zero-order chi connectivity index (χ0) is 34.2. The number of amides is 3. The highest BCUT2D eigenvalue weighted by Crippen LogP contribution is 2.45. The lowest BCUT2D eigenvalue weighted by Gasteiger charge is -2.30. The topological polar surface area (TPSA) is 186 Å². The predicted molar refractivity (Wildman–Crippen MR) is 174 cm³/mol. The van der Waals surface area contributed by atoms with Crippen LogP contribution in [0.3, 0.4) is 0 Å². The van der Waals surface area contributed by atoms with Gasteiger partial charge < -0.3 is 34.6 Å². The second kappa shape index (κ2) is 13.2. The number of thiophene rings is 1. The van der Waals surface area contributed by atoms with E-state index >= 15 is 0 Å². The van der Waals surface area contributed by atoms with Crippen molar-refractivity contribution in [3.63, 3.8) is 0 Å². The van der Waals surface area contributed by atoms with E-state index in [4.69, 9.17) is 14.0 Å². The Morgan fingerprint density at radius 3 is 2.75 bits per heavy atom. The number of aliphatic carboxylic acids is 1. The van der Waals surface area contributed by atoms with Gasteiger partial charge in [0.15, 0.2) is 11.5 Å². The van der Waals surface area contributed by atoms with Crippen molar-refractivity contribution in [1.29, 1.82) is 0 Å². The molecule has 3 amide bonds. The van der Waals surface area contributed by atoms with E-state index in [9.17, 15) is 24.3 Å². The van der Waals surface area contributed by atoms with E-state index in [-0.39, 0.29) is 31.2 Å². The van der Waals surface area contributed by atoms with Crippen LogP contribution in [0.1, 0.15) is 71.5 Å². The molecule has 1 saturated heterocycles. The van der Waals surface area contributed by atoms with Gasteiger partial charge in [-0.1, -0.05) is 30.2 Å². The molecular formula is C33H40N6O8S. The number of hydrogen-bond acceptors (Lipinski definition) is 11. The Bertz CT molecular complexity index is 1750. The van der Waals surface area contributed by atoms with Gasteiger partial charge in [0.05, 0.1) is 12.1 Å². The van der Waals surface area contributed by atoms with E-state index in [2.05, 4.69) is 25.8 Å². The Kier molecular flexibility index (Phi) is 9.16. The van der Waals surface area contributed by atoms with Gasteiger partial charge in [-0.15, -0.1) is 11.3 Å². The Morgan fingerprint density at radius 1 is 1.21 bits per heavy atom. The number of nitrogens with zero attached hydrogens (tertiary/aromatic N) is 4. The number of hydrogen-bond donors (Lipinski definition) is 3. The fraction of sp³-hybridized carbons (Fsp3) is 0.545. The number of carbonyl (C=O) groups is 4. The van der Waals surface area contributed by atoms with Crippen LogP contribution in [-0.2, 0) is 19.1 Å². The summed E-state index contributed by atoms with van der Waals surface area (Å²) in [5, 5.41) is 21.5. The molecule has 0 aromatic carbocycles. The highest BCUT2D eigenvalue weighted by Gasteiger charge is 2.61. The molecule has 3 aromatic heterocycles. The summed E-state index contributed by atoms with van der Waals surface area (Å²) in [5.41, 5.74) is -1.16. The van der Waals surface area contributed by atoms with E-state index in [1.807, 2.05) is 23.6 Å². The molecule has 6 rings (SSSR count). The third-order valence-electron chi connectivity index (χ3n) is 8.72. The van der Waals surface area contributed by atoms with E-state index < -0.39 is 53.2 Å². The second-order valence-corrected chi connectivity index (χ2v) is 14.5. The zero-order valence-corrected chi connectivity index (χ0v) is 28.2. The lowest BCUT2D eigenvalue weighted by atomic mass is 10.0. The molecular weight excluding hydrogens is 640 g/mol. The molecule has 48 heavy (non-hydrogen) atoms. The van der Waals surface area contributed by atoms with Crippen LogP contribution in [0.25, 0.3) is 21.7 Å². The van der Waals surface area contributed by atoms with Gasteiger partial charge in [0, 0.05) is 18.4 Å². The average Bonchev–Trinajstić information content (AvgIpc) is 3.40. The molecule has 5 atom stereocenters. The number of carboxylic acid groups (broad SMARTS) is 1. The Balaban J connectivity index is 1.31. The minimum absolute atomic E-state index is 0.00208. The SMILES string of the molecule is Cc1cc(-c2nc(O[C@@H]3C[C@H]4C(=O)N[C@]5(C(=O)O)C[C@H]5C=CCCCCC[C@H](NC(=O)OC(C)(C)C)C(=O)N4C3)c3sccc3n2)no1. The van der Waals surface area contributed by atoms with Gasteiger partial charge in [0.25, 0.3) is 0 Å². The number of nitrogens with one attached hydrogen (secondary N) is 2. The third kappa shape index (κ3) is 7.15. The molecule has 3 N–H and O–H groups in total. The quantitative estimate of drug-likeness (QED) is 0.325. The molecule has 1 aliphatic carbocycles. The molecule has 256 valence electrons. The van der Waals surface area contributed by atoms with E-state index in [0.29, 0.717) is 40.3 Å². The van der Waals surface area contributed by atoms with E-state index in [1.165, 1.54) is 16.2 Å². The number of aromatic nitrogens is 3. The number of alkyl carbamates (subject to hydrolysis) is 1. The molecule has 2 fully saturated rings. The van der Waals surface area contributed by atoms with Gasteiger partial charge in [0.1, 0.15) is 39.8 Å². The van der Waals surface area contributed by atoms with Crippen molar-refractivity contribution in [3.05, 3.63) is 35.4 Å². The van der Waals surface area contributed by atoms with Gasteiger partial charge in [-0.25, -0.2) is 14.6 Å². The number of ether oxygens (including phenoxy) is 2. The van der Waals surface area contributed by atoms with Crippen molar-refractivity contribution in [2.75, 3.05) is 6.54 Å². The molecule has 0 spiro atoms. The standard InChI is InChI=1S/C33H40N6O8S/c1-18-14-23(38-47-18)26-34-21-12-13-48-25(21)28(36-26)45-20-15-24-27(40)37-33(30(42)43)16-19(33)10-8-6-5-7-9-11-22(29(41)39(24)17-20)35-31(44)46-32(2,3)4/h8,10,12-14,19-20,22,24H,5-7,9,11,15-17H2,1-4H3,(H,35,44)(H,37,40)(H,42,43)/t19-,20-,22+,24+,33-/m1/s1. The fourth-order valence-electron chi connectivity index (χ4n) is 6.26. The van der Waals surface area contributed by atoms with Crippen molar-refractivity contribution < 1.29 is 38.3 Å². The maximum Gasteiger partial charge on any atom is 0.408 e. The lowest BCUT2D eigenvalue weighted by Crippen LogP contribution is -2.56. The number of fused-ring (bicyclic) bond motifs is 3. The summed E-state index contributed by atoms with van der Waals surface area (Å²) in [6.45, 7) is 6.96. The predicted octanol–water partition coefficient (Wildman–Crippen LogP) is 4.38. The highest BCUT2D eigenvalue weighted by molar-refractivity contribution is 7.17. The van der Waals surface area contributed by atoms with Crippen LogP contribution in [0.5, 0.6) is 5.88 Å². The van der Waals surface area contributed by atoms with Gasteiger partial charge in [-0.2, -0.15) is 4.98 Å². The van der Waals surface area contributed by atoms with E-state index in [0.717, 1.165) is 19.3 Å². The number of rotatable bonds is 5. The number of carboxylic acids is 1. The minimum atomic E-state index is -1.45. The number of carbonyl (C=O) groups excluding carboxylic acids is 3. The molecule has 2 aliphatic heterocycles. The smallest absolute Gasteiger partial charge is 0.408 e. The molecule has 1 saturated carbocycles. The molecule has 5 heterocycles. The molecule has 15 heteroatoms. The molecule has 14 nitrogen and oxygen atoms in total. The number of allylic oxidation sites excluding steroid dienone is 1. The normalized spacial score (nSPS) is 26.5. The molecule has 3 aromatic rings. The third-order valence-corrected chi connectivity index (χ3v) is 9.61. The first-order valence-corrected chi connectivity index (χ1v) is 17.1. The first-order chi connectivity index (χ1) is 22.8. The van der Waals surface area contributed by atoms with E-state index in [1.54, 1.807) is 33.8 Å². The summed E-state index contributed by atoms with van der Waals surface area (Å²) in [7, 11) is 0. The summed E-state index contributed by atoms with van der Waals surface area (Å²) in [5.74, 6) is -1.39. The van der Waals surface area contributed by atoms with Gasteiger partial charge in [0.2, 0.25) is 17.7 Å². The molecule has 0 radical (unpaired) electrons. The van der Waals surface area contributed by atoms with Crippen molar-refractivity contribution in [3.8, 4) is 17.4 Å². The summed E-state index contributed by atoms with van der Waals surface area (Å²) >= 11 is 1.39. The Labute approximate surface area is 281 Å². The van der Waals surface area contributed by atoms with Crippen LogP contribution in [0.2, 0.25) is 0 Å². The summed E-state index contributed by atoms with van der Waals surface area (Å²) in [6.07, 6.45) is 6.07. The van der Waals surface area contributed by atoms with Gasteiger partial charge in [-0.3, -0.25) is 9.59 Å². The van der Waals surface area contributed by atoms with Crippen LogP contribution < -0.4 is 15.4 Å². The van der Waals surface area contributed by atoms with Crippen LogP contribution in [0.4, 0.5) is 4.79 Å². The van der Waals surface area contributed by atoms with Crippen molar-refractivity contribution in [2.45, 2.75) is 102 Å². The van der Waals surface area contributed by atoms with Crippen LogP contribution in [0.15, 0.2) is 34.2 Å². The first kappa shape index (κ1) is 33.4. The maximum absolute atomic E-state index is 14.3. The van der Waals surface area contributed by atoms with Gasteiger partial charge >= 0.3 is 12.1 Å². The van der Waals surface area contributed by atoms with Crippen LogP contribution >= 0.6 is 11.3 Å². The fourth-order valence-corrected chi connectivity index (χ4v) is 7.02. The monoisotopic (exact) mass is 680 g/mol. The minimum Gasteiger partial charge on any atom is -0.479 e. The van der Waals surface area contributed by atoms with Crippen molar-refractivity contribution in [1.82, 2.24) is 30.7 Å². The summed E-state index contributed by atoms with van der Waals surface area (Å²) in [6, 6.07) is 1.51. The lowest BCUT2D eigenvalue weighted by molar-refractivity contribution is -0.145. The zero-order valence-electron chi connectivity index (χ0n) is 27.4. The van der Waals surface area contributed by atoms with Crippen molar-refractivity contribution >= 4 is 45.4 Å². The Hall–Kier alpha value is -4.53. The summed E-state index contributed by atoms with van der Waals surface area (Å²) < 4.78 is 17.8. The second-order valence-electron chi connectivity index (χ2n) is 13.6.